The maximum absolute atomic E-state index is 13.1. The van der Waals surface area contributed by atoms with Crippen LogP contribution in [-0.4, -0.2) is 39.3 Å². The predicted molar refractivity (Wildman–Crippen MR) is 124 cm³/mol. The first kappa shape index (κ1) is 21.8. The third-order valence-corrected chi connectivity index (χ3v) is 7.43. The molecule has 9 nitrogen and oxygen atoms in total. The van der Waals surface area contributed by atoms with Gasteiger partial charge in [0.2, 0.25) is 12.0 Å². The highest BCUT2D eigenvalue weighted by Gasteiger charge is 2.48. The van der Waals surface area contributed by atoms with Crippen molar-refractivity contribution >= 4 is 39.2 Å². The third kappa shape index (κ3) is 4.45. The Morgan fingerprint density at radius 3 is 2.88 bits per heavy atom. The number of aromatic amines is 1. The van der Waals surface area contributed by atoms with Gasteiger partial charge in [0, 0.05) is 6.07 Å². The van der Waals surface area contributed by atoms with Gasteiger partial charge in [0.05, 0.1) is 22.5 Å². The highest BCUT2D eigenvalue weighted by atomic mass is 32.1. The lowest BCUT2D eigenvalue weighted by Gasteiger charge is -2.28. The van der Waals surface area contributed by atoms with Crippen LogP contribution in [0.5, 0.6) is 0 Å². The number of H-pyrrole nitrogens is 1. The molecule has 1 amide bonds. The van der Waals surface area contributed by atoms with Crippen molar-refractivity contribution in [3.05, 3.63) is 41.5 Å². The number of anilines is 1. The van der Waals surface area contributed by atoms with Gasteiger partial charge in [0.1, 0.15) is 5.01 Å². The molecule has 1 aromatic carbocycles. The zero-order valence-electron chi connectivity index (χ0n) is 18.5. The molecule has 10 heteroatoms. The van der Waals surface area contributed by atoms with E-state index in [9.17, 15) is 9.59 Å². The lowest BCUT2D eigenvalue weighted by atomic mass is 10.0. The second-order valence-electron chi connectivity index (χ2n) is 8.54. The summed E-state index contributed by atoms with van der Waals surface area (Å²) in [6, 6.07) is 8.97. The molecule has 0 bridgehead atoms. The van der Waals surface area contributed by atoms with Crippen molar-refractivity contribution in [1.29, 1.82) is 0 Å². The molecule has 2 atom stereocenters. The van der Waals surface area contributed by atoms with Crippen LogP contribution in [0.15, 0.2) is 36.5 Å². The minimum absolute atomic E-state index is 0.199. The van der Waals surface area contributed by atoms with Crippen molar-refractivity contribution in [2.45, 2.75) is 69.7 Å². The van der Waals surface area contributed by atoms with E-state index in [-0.39, 0.29) is 5.78 Å². The summed E-state index contributed by atoms with van der Waals surface area (Å²) >= 11 is 1.57. The lowest BCUT2D eigenvalue weighted by Crippen LogP contribution is -2.46. The van der Waals surface area contributed by atoms with Crippen molar-refractivity contribution in [3.8, 4) is 0 Å². The predicted octanol–water partition coefficient (Wildman–Crippen LogP) is 4.42. The highest BCUT2D eigenvalue weighted by Crippen LogP contribution is 2.45. The summed E-state index contributed by atoms with van der Waals surface area (Å²) in [5, 5.41) is 11.8. The zero-order chi connectivity index (χ0) is 22.8. The molecule has 1 aliphatic carbocycles. The number of rotatable bonds is 9. The third-order valence-electron chi connectivity index (χ3n) is 6.21. The molecule has 2 N–H and O–H groups in total. The van der Waals surface area contributed by atoms with E-state index in [4.69, 9.17) is 14.6 Å². The second-order valence-corrected chi connectivity index (χ2v) is 9.58. The Morgan fingerprint density at radius 1 is 1.33 bits per heavy atom. The molecule has 1 aliphatic heterocycles. The molecule has 33 heavy (non-hydrogen) atoms. The van der Waals surface area contributed by atoms with Gasteiger partial charge < -0.3 is 10.1 Å². The van der Waals surface area contributed by atoms with Gasteiger partial charge in [0.25, 0.3) is 0 Å². The summed E-state index contributed by atoms with van der Waals surface area (Å²) in [5.41, 5.74) is 0.165. The molecule has 0 radical (unpaired) electrons. The van der Waals surface area contributed by atoms with Gasteiger partial charge in [-0.1, -0.05) is 31.9 Å². The Bertz CT molecular complexity index is 1090. The van der Waals surface area contributed by atoms with Crippen LogP contribution in [0, 0.1) is 0 Å². The average Bonchev–Trinajstić information content (AvgIpc) is 3.23. The smallest absolute Gasteiger partial charge is 0.408 e. The van der Waals surface area contributed by atoms with Crippen molar-refractivity contribution in [1.82, 2.24) is 20.5 Å². The monoisotopic (exact) mass is 469 g/mol. The number of ketones is 1. The number of unbranched alkanes of at least 4 members (excludes halogenated alkanes) is 1. The fourth-order valence-corrected chi connectivity index (χ4v) is 5.54. The summed E-state index contributed by atoms with van der Waals surface area (Å²) in [7, 11) is 0. The number of alkyl carbamates (subject to hydrolysis) is 1. The van der Waals surface area contributed by atoms with Crippen molar-refractivity contribution in [2.24, 2.45) is 0 Å². The second kappa shape index (κ2) is 9.11. The van der Waals surface area contributed by atoms with Crippen LogP contribution in [0.1, 0.15) is 56.9 Å². The number of nitrogens with one attached hydrogen (secondary N) is 2. The molecule has 3 aromatic rings. The van der Waals surface area contributed by atoms with Crippen molar-refractivity contribution in [3.63, 3.8) is 0 Å². The summed E-state index contributed by atoms with van der Waals surface area (Å²) in [5.74, 6) is 0.404. The number of fused-ring (bicyclic) bond motifs is 1. The van der Waals surface area contributed by atoms with E-state index in [0.717, 1.165) is 53.7 Å². The van der Waals surface area contributed by atoms with Gasteiger partial charge in [-0.15, -0.1) is 11.3 Å². The van der Waals surface area contributed by atoms with E-state index in [1.807, 2.05) is 31.2 Å². The van der Waals surface area contributed by atoms with Crippen LogP contribution >= 0.6 is 11.3 Å². The first-order valence-corrected chi connectivity index (χ1v) is 12.3. The van der Waals surface area contributed by atoms with E-state index >= 15 is 0 Å². The van der Waals surface area contributed by atoms with E-state index in [1.54, 1.807) is 23.6 Å². The molecular formula is C23H27N5O4S. The number of para-hydroxylation sites is 1. The number of Topliss-reactive ketones (excluding diaryl/α,β-unsaturated/α-hetero) is 1. The molecule has 0 spiro atoms. The fourth-order valence-electron chi connectivity index (χ4n) is 4.39. The quantitative estimate of drug-likeness (QED) is 0.446. The van der Waals surface area contributed by atoms with Crippen LogP contribution in [-0.2, 0) is 20.0 Å². The van der Waals surface area contributed by atoms with Gasteiger partial charge in [-0.25, -0.2) is 14.6 Å². The minimum Gasteiger partial charge on any atom is -0.435 e. The maximum Gasteiger partial charge on any atom is 0.408 e. The number of hydroxylamine groups is 1. The van der Waals surface area contributed by atoms with Crippen LogP contribution < -0.4 is 10.4 Å². The number of carbonyl (C=O) groups excluding carboxylic acids is 2. The van der Waals surface area contributed by atoms with Crippen molar-refractivity contribution in [2.75, 3.05) is 5.06 Å². The number of amides is 1. The van der Waals surface area contributed by atoms with Crippen LogP contribution in [0.2, 0.25) is 0 Å². The van der Waals surface area contributed by atoms with E-state index in [2.05, 4.69) is 15.5 Å². The summed E-state index contributed by atoms with van der Waals surface area (Å²) in [6.45, 7) is 2.05. The molecule has 5 rings (SSSR count). The van der Waals surface area contributed by atoms with E-state index in [0.29, 0.717) is 12.2 Å². The van der Waals surface area contributed by atoms with Crippen LogP contribution in [0.25, 0.3) is 10.2 Å². The Balaban J connectivity index is 1.29. The van der Waals surface area contributed by atoms with Gasteiger partial charge in [-0.05, 0) is 44.2 Å². The standard InChI is InChI=1S/C23H27N5O4S/c1-2-3-8-16(19(29)20-28(32-20)18-11-14-24-27-18)26-22(30)31-23(12-6-7-13-23)21-25-15-9-4-5-10-17(15)33-21/h4-5,9-11,14,16,20H,2-3,6-8,12-13H2,1H3,(H,24,27)(H,26,30)/t16-,20?,28?/m0/s1. The number of aromatic nitrogens is 3. The molecule has 1 unspecified atom stereocenters. The van der Waals surface area contributed by atoms with Gasteiger partial charge in [0.15, 0.2) is 11.4 Å². The number of hydrogen-bond acceptors (Lipinski definition) is 8. The first-order valence-electron chi connectivity index (χ1n) is 11.4. The van der Waals surface area contributed by atoms with Crippen LogP contribution in [0.3, 0.4) is 0 Å². The number of carbonyl (C=O) groups is 2. The maximum atomic E-state index is 13.1. The van der Waals surface area contributed by atoms with Crippen molar-refractivity contribution < 1.29 is 19.2 Å². The SMILES string of the molecule is CCCC[C@H](NC(=O)OC1(c2nc3ccccc3s2)CCCC1)C(=O)C1ON1c1ccn[nH]1. The highest BCUT2D eigenvalue weighted by molar-refractivity contribution is 7.18. The number of thiazole rings is 1. The molecule has 2 aromatic heterocycles. The molecule has 174 valence electrons. The molecule has 1 saturated heterocycles. The Kier molecular flexibility index (Phi) is 6.03. The first-order chi connectivity index (χ1) is 16.1. The topological polar surface area (TPSA) is 113 Å². The summed E-state index contributed by atoms with van der Waals surface area (Å²) in [6.07, 6.45) is 5.90. The number of hydrogen-bond donors (Lipinski definition) is 2. The van der Waals surface area contributed by atoms with Gasteiger partial charge in [-0.2, -0.15) is 10.2 Å². The summed E-state index contributed by atoms with van der Waals surface area (Å²) < 4.78 is 7.12. The Hall–Kier alpha value is -2.98. The largest absolute Gasteiger partial charge is 0.435 e. The molecule has 2 aliphatic rings. The molecule has 2 fully saturated rings. The molecule has 3 heterocycles. The molecule has 1 saturated carbocycles. The van der Waals surface area contributed by atoms with E-state index in [1.165, 1.54) is 5.06 Å². The summed E-state index contributed by atoms with van der Waals surface area (Å²) in [4.78, 5) is 36.3. The zero-order valence-corrected chi connectivity index (χ0v) is 19.3. The van der Waals surface area contributed by atoms with Gasteiger partial charge in [-0.3, -0.25) is 9.89 Å². The Labute approximate surface area is 195 Å². The van der Waals surface area contributed by atoms with Gasteiger partial charge >= 0.3 is 6.09 Å². The fraction of sp³-hybridized carbons (Fsp3) is 0.478. The molecular weight excluding hydrogens is 442 g/mol. The van der Waals surface area contributed by atoms with Crippen LogP contribution in [0.4, 0.5) is 10.6 Å². The number of ether oxygens (including phenoxy) is 1. The lowest BCUT2D eigenvalue weighted by molar-refractivity contribution is -0.122. The number of benzene rings is 1. The number of nitrogens with zero attached hydrogens (tertiary/aromatic N) is 3. The Morgan fingerprint density at radius 2 is 2.15 bits per heavy atom. The van der Waals surface area contributed by atoms with E-state index < -0.39 is 24.0 Å². The minimum atomic E-state index is -0.746. The average molecular weight is 470 g/mol. The normalized spacial score (nSPS) is 20.0.